The highest BCUT2D eigenvalue weighted by Gasteiger charge is 2.36. The van der Waals surface area contributed by atoms with Gasteiger partial charge < -0.3 is 9.64 Å². The number of halogens is 1. The first-order valence-corrected chi connectivity index (χ1v) is 9.25. The van der Waals surface area contributed by atoms with Crippen LogP contribution in [0.5, 0.6) is 5.75 Å². The molecule has 1 heterocycles. The molecule has 3 rings (SSSR count). The molecule has 0 radical (unpaired) electrons. The minimum Gasteiger partial charge on any atom is -0.492 e. The Balaban J connectivity index is 1.62. The Bertz CT molecular complexity index is 903. The second-order valence-corrected chi connectivity index (χ2v) is 6.70. The molecule has 1 aliphatic rings. The van der Waals surface area contributed by atoms with Gasteiger partial charge in [-0.25, -0.2) is 0 Å². The van der Waals surface area contributed by atoms with E-state index in [1.54, 1.807) is 30.3 Å². The van der Waals surface area contributed by atoms with Crippen molar-refractivity contribution >= 4 is 35.0 Å². The fraction of sp³-hybridized carbons (Fsp3) is 0.250. The van der Waals surface area contributed by atoms with Gasteiger partial charge in [0.25, 0.3) is 5.91 Å². The summed E-state index contributed by atoms with van der Waals surface area (Å²) < 4.78 is 5.57. The number of rotatable bonds is 5. The Morgan fingerprint density at radius 2 is 1.96 bits per heavy atom. The smallest absolute Gasteiger partial charge is 0.269 e. The van der Waals surface area contributed by atoms with Gasteiger partial charge in [-0.15, -0.1) is 0 Å². The zero-order chi connectivity index (χ0) is 20.1. The number of carbonyl (C=O) groups is 3. The van der Waals surface area contributed by atoms with Crippen LogP contribution in [-0.4, -0.2) is 30.9 Å². The van der Waals surface area contributed by atoms with Crippen LogP contribution in [0.15, 0.2) is 48.5 Å². The number of nitrogens with zero attached hydrogens (tertiary/aromatic N) is 1. The molecule has 0 bridgehead atoms. The van der Waals surface area contributed by atoms with Crippen molar-refractivity contribution in [2.75, 3.05) is 18.1 Å². The molecule has 28 heavy (non-hydrogen) atoms. The lowest BCUT2D eigenvalue weighted by Gasteiger charge is -2.20. The Morgan fingerprint density at radius 1 is 1.18 bits per heavy atom. The summed E-state index contributed by atoms with van der Waals surface area (Å²) in [7, 11) is 0. The predicted octanol–water partition coefficient (Wildman–Crippen LogP) is 2.55. The molecule has 146 valence electrons. The molecule has 2 aromatic carbocycles. The quantitative estimate of drug-likeness (QED) is 0.754. The fourth-order valence-electron chi connectivity index (χ4n) is 3.00. The maximum Gasteiger partial charge on any atom is 0.269 e. The van der Waals surface area contributed by atoms with Crippen LogP contribution in [0.1, 0.15) is 23.7 Å². The number of hydrogen-bond donors (Lipinski definition) is 2. The molecule has 3 amide bonds. The van der Waals surface area contributed by atoms with Gasteiger partial charge in [-0.1, -0.05) is 29.8 Å². The minimum absolute atomic E-state index is 0.0549. The SMILES string of the molecule is CCOc1ccccc1N1C[C@@H](C(=O)NNC(=O)c2cccc(Cl)c2)CC1=O. The van der Waals surface area contributed by atoms with Gasteiger partial charge in [-0.3, -0.25) is 25.2 Å². The van der Waals surface area contributed by atoms with Crippen LogP contribution in [0.2, 0.25) is 5.02 Å². The number of anilines is 1. The highest BCUT2D eigenvalue weighted by Crippen LogP contribution is 2.33. The molecule has 8 heteroatoms. The first kappa shape index (κ1) is 19.7. The summed E-state index contributed by atoms with van der Waals surface area (Å²) in [6.07, 6.45) is 0.0549. The Hall–Kier alpha value is -3.06. The summed E-state index contributed by atoms with van der Waals surface area (Å²) in [6.45, 7) is 2.54. The third kappa shape index (κ3) is 4.43. The molecule has 7 nitrogen and oxygen atoms in total. The molecular formula is C20H20ClN3O4. The molecule has 0 aromatic heterocycles. The third-order valence-corrected chi connectivity index (χ3v) is 4.57. The zero-order valence-corrected chi connectivity index (χ0v) is 16.0. The Labute approximate surface area is 167 Å². The number of amides is 3. The van der Waals surface area contributed by atoms with E-state index in [2.05, 4.69) is 10.9 Å². The topological polar surface area (TPSA) is 87.7 Å². The van der Waals surface area contributed by atoms with Crippen molar-refractivity contribution in [2.24, 2.45) is 5.92 Å². The van der Waals surface area contributed by atoms with Crippen molar-refractivity contribution in [3.63, 3.8) is 0 Å². The van der Waals surface area contributed by atoms with Gasteiger partial charge in [-0.2, -0.15) is 0 Å². The molecule has 1 fully saturated rings. The summed E-state index contributed by atoms with van der Waals surface area (Å²) >= 11 is 5.86. The fourth-order valence-corrected chi connectivity index (χ4v) is 3.19. The lowest BCUT2D eigenvalue weighted by molar-refractivity contribution is -0.126. The number of ether oxygens (including phenoxy) is 1. The van der Waals surface area contributed by atoms with Crippen LogP contribution in [0.3, 0.4) is 0 Å². The van der Waals surface area contributed by atoms with Crippen LogP contribution in [-0.2, 0) is 9.59 Å². The molecule has 0 unspecified atom stereocenters. The largest absolute Gasteiger partial charge is 0.492 e. The van der Waals surface area contributed by atoms with Gasteiger partial charge >= 0.3 is 0 Å². The normalized spacial score (nSPS) is 16.0. The summed E-state index contributed by atoms with van der Waals surface area (Å²) in [5.74, 6) is -1.08. The van der Waals surface area contributed by atoms with Crippen LogP contribution < -0.4 is 20.5 Å². The van der Waals surface area contributed by atoms with Crippen molar-refractivity contribution in [1.29, 1.82) is 0 Å². The van der Waals surface area contributed by atoms with E-state index in [-0.39, 0.29) is 18.9 Å². The molecule has 1 atom stereocenters. The molecule has 1 saturated heterocycles. The van der Waals surface area contributed by atoms with E-state index in [1.165, 1.54) is 11.0 Å². The molecular weight excluding hydrogens is 382 g/mol. The molecule has 0 saturated carbocycles. The molecule has 1 aliphatic heterocycles. The van der Waals surface area contributed by atoms with Crippen molar-refractivity contribution < 1.29 is 19.1 Å². The first-order valence-electron chi connectivity index (χ1n) is 8.87. The maximum atomic E-state index is 12.4. The summed E-state index contributed by atoms with van der Waals surface area (Å²) in [5, 5.41) is 0.420. The van der Waals surface area contributed by atoms with Crippen LogP contribution in [0.4, 0.5) is 5.69 Å². The van der Waals surface area contributed by atoms with E-state index in [0.29, 0.717) is 28.6 Å². The van der Waals surface area contributed by atoms with E-state index in [4.69, 9.17) is 16.3 Å². The van der Waals surface area contributed by atoms with Crippen molar-refractivity contribution in [2.45, 2.75) is 13.3 Å². The van der Waals surface area contributed by atoms with Gasteiger partial charge in [0, 0.05) is 23.6 Å². The lowest BCUT2D eigenvalue weighted by Crippen LogP contribution is -2.45. The minimum atomic E-state index is -0.582. The summed E-state index contributed by atoms with van der Waals surface area (Å²) in [4.78, 5) is 38.5. The van der Waals surface area contributed by atoms with E-state index in [1.807, 2.05) is 19.1 Å². The number of nitrogens with one attached hydrogen (secondary N) is 2. The van der Waals surface area contributed by atoms with E-state index < -0.39 is 17.7 Å². The van der Waals surface area contributed by atoms with Crippen LogP contribution in [0.25, 0.3) is 0 Å². The van der Waals surface area contributed by atoms with Gasteiger partial charge in [0.05, 0.1) is 18.2 Å². The molecule has 2 aromatic rings. The standard InChI is InChI=1S/C20H20ClN3O4/c1-2-28-17-9-4-3-8-16(17)24-12-14(11-18(24)25)20(27)23-22-19(26)13-6-5-7-15(21)10-13/h3-10,14H,2,11-12H2,1H3,(H,22,26)(H,23,27)/t14-/m0/s1. The highest BCUT2D eigenvalue weighted by molar-refractivity contribution is 6.31. The van der Waals surface area contributed by atoms with Crippen LogP contribution in [0, 0.1) is 5.92 Å². The van der Waals surface area contributed by atoms with Gasteiger partial charge in [0.2, 0.25) is 11.8 Å². The van der Waals surface area contributed by atoms with Gasteiger partial charge in [0.15, 0.2) is 0 Å². The third-order valence-electron chi connectivity index (χ3n) is 4.34. The van der Waals surface area contributed by atoms with Gasteiger partial charge in [0.1, 0.15) is 5.75 Å². The zero-order valence-electron chi connectivity index (χ0n) is 15.3. The molecule has 0 aliphatic carbocycles. The summed E-state index contributed by atoms with van der Waals surface area (Å²) in [6, 6.07) is 13.6. The number of hydrazine groups is 1. The Kier molecular flexibility index (Phi) is 6.16. The second kappa shape index (κ2) is 8.75. The highest BCUT2D eigenvalue weighted by atomic mass is 35.5. The number of benzene rings is 2. The summed E-state index contributed by atoms with van der Waals surface area (Å²) in [5.41, 5.74) is 5.69. The average Bonchev–Trinajstić information content (AvgIpc) is 3.08. The first-order chi connectivity index (χ1) is 13.5. The van der Waals surface area contributed by atoms with E-state index in [0.717, 1.165) is 0 Å². The number of para-hydroxylation sites is 2. The second-order valence-electron chi connectivity index (χ2n) is 6.26. The van der Waals surface area contributed by atoms with Crippen molar-refractivity contribution in [3.05, 3.63) is 59.1 Å². The Morgan fingerprint density at radius 3 is 2.71 bits per heavy atom. The monoisotopic (exact) mass is 401 g/mol. The van der Waals surface area contributed by atoms with Crippen molar-refractivity contribution in [1.82, 2.24) is 10.9 Å². The predicted molar refractivity (Wildman–Crippen MR) is 105 cm³/mol. The van der Waals surface area contributed by atoms with Gasteiger partial charge in [-0.05, 0) is 37.3 Å². The van der Waals surface area contributed by atoms with Crippen molar-refractivity contribution in [3.8, 4) is 5.75 Å². The lowest BCUT2D eigenvalue weighted by atomic mass is 10.1. The number of carbonyl (C=O) groups excluding carboxylic acids is 3. The van der Waals surface area contributed by atoms with E-state index in [9.17, 15) is 14.4 Å². The van der Waals surface area contributed by atoms with E-state index >= 15 is 0 Å². The number of hydrogen-bond acceptors (Lipinski definition) is 4. The molecule has 0 spiro atoms. The molecule has 2 N–H and O–H groups in total. The average molecular weight is 402 g/mol. The van der Waals surface area contributed by atoms with Crippen LogP contribution >= 0.6 is 11.6 Å². The maximum absolute atomic E-state index is 12.4.